The summed E-state index contributed by atoms with van der Waals surface area (Å²) in [6, 6.07) is 15.9. The van der Waals surface area contributed by atoms with E-state index < -0.39 is 62.9 Å². The molecule has 3 heterocycles. The summed E-state index contributed by atoms with van der Waals surface area (Å²) in [6.45, 7) is -0.356. The van der Waals surface area contributed by atoms with Gasteiger partial charge in [0, 0.05) is 16.5 Å². The van der Waals surface area contributed by atoms with Gasteiger partial charge in [0.1, 0.15) is 16.8 Å². The molecule has 0 unspecified atom stereocenters. The number of aromatic amines is 1. The Labute approximate surface area is 248 Å². The number of amides is 3. The van der Waals surface area contributed by atoms with Crippen molar-refractivity contribution in [2.45, 2.75) is 22.4 Å². The molecule has 0 saturated carbocycles. The van der Waals surface area contributed by atoms with E-state index in [2.05, 4.69) is 10.3 Å². The Morgan fingerprint density at radius 2 is 1.65 bits per heavy atom. The first-order chi connectivity index (χ1) is 20.5. The lowest BCUT2D eigenvalue weighted by Gasteiger charge is -2.29. The number of carbonyl (C=O) groups is 3. The number of para-hydroxylation sites is 1. The van der Waals surface area contributed by atoms with Crippen LogP contribution in [0, 0.1) is 11.7 Å². The lowest BCUT2D eigenvalue weighted by molar-refractivity contribution is -0.137. The first-order valence-corrected chi connectivity index (χ1v) is 14.4. The van der Waals surface area contributed by atoms with Crippen molar-refractivity contribution in [3.8, 4) is 5.75 Å². The minimum absolute atomic E-state index is 0.303. The molecule has 8 nitrogen and oxygen atoms in total. The third-order valence-electron chi connectivity index (χ3n) is 7.01. The number of imide groups is 1. The first kappa shape index (κ1) is 28.7. The number of carbonyl (C=O) groups excluding carboxylic acids is 3. The summed E-state index contributed by atoms with van der Waals surface area (Å²) in [6.07, 6.45) is -4.80. The summed E-state index contributed by atoms with van der Waals surface area (Å²) >= 11 is 1.83. The molecule has 2 N–H and O–H groups in total. The Morgan fingerprint density at radius 1 is 0.953 bits per heavy atom. The van der Waals surface area contributed by atoms with Crippen LogP contribution in [0.5, 0.6) is 5.75 Å². The summed E-state index contributed by atoms with van der Waals surface area (Å²) in [5.74, 6) is -4.11. The highest BCUT2D eigenvalue weighted by Crippen LogP contribution is 2.54. The summed E-state index contributed by atoms with van der Waals surface area (Å²) in [5.41, 5.74) is -0.732. The second kappa shape index (κ2) is 11.0. The number of anilines is 2. The maximum Gasteiger partial charge on any atom is 0.418 e. The number of benzene rings is 3. The molecule has 0 aliphatic carbocycles. The van der Waals surface area contributed by atoms with Gasteiger partial charge < -0.3 is 15.0 Å². The van der Waals surface area contributed by atoms with Crippen molar-refractivity contribution in [3.05, 3.63) is 104 Å². The van der Waals surface area contributed by atoms with Crippen LogP contribution in [0.1, 0.15) is 21.9 Å². The molecule has 14 heteroatoms. The van der Waals surface area contributed by atoms with E-state index in [0.29, 0.717) is 31.8 Å². The average Bonchev–Trinajstić information content (AvgIpc) is 3.47. The fourth-order valence-corrected chi connectivity index (χ4v) is 7.69. The first-order valence-electron chi connectivity index (χ1n) is 12.7. The molecule has 3 atom stereocenters. The van der Waals surface area contributed by atoms with Gasteiger partial charge in [-0.2, -0.15) is 13.2 Å². The molecule has 0 spiro atoms. The van der Waals surface area contributed by atoms with E-state index in [1.54, 1.807) is 24.3 Å². The summed E-state index contributed by atoms with van der Waals surface area (Å²) in [5, 5.41) is 1.89. The van der Waals surface area contributed by atoms with E-state index in [-0.39, 0.29) is 6.61 Å². The number of rotatable bonds is 6. The van der Waals surface area contributed by atoms with Gasteiger partial charge in [0.2, 0.25) is 11.8 Å². The molecule has 1 saturated heterocycles. The molecule has 1 fully saturated rings. The van der Waals surface area contributed by atoms with Gasteiger partial charge in [0.15, 0.2) is 6.61 Å². The number of nitrogens with zero attached hydrogens (tertiary/aromatic N) is 1. The maximum absolute atomic E-state index is 13.8. The van der Waals surface area contributed by atoms with Crippen LogP contribution in [0.15, 0.2) is 82.6 Å². The van der Waals surface area contributed by atoms with Crippen LogP contribution in [-0.4, -0.2) is 34.6 Å². The molecule has 0 bridgehead atoms. The summed E-state index contributed by atoms with van der Waals surface area (Å²) < 4.78 is 60.1. The Kier molecular flexibility index (Phi) is 7.34. The number of ether oxygens (including phenoxy) is 1. The third-order valence-corrected chi connectivity index (χ3v) is 9.41. The Morgan fingerprint density at radius 3 is 2.35 bits per heavy atom. The van der Waals surface area contributed by atoms with Gasteiger partial charge in [-0.25, -0.2) is 9.29 Å². The molecule has 6 rings (SSSR count). The van der Waals surface area contributed by atoms with E-state index in [9.17, 15) is 36.7 Å². The number of thiazole rings is 1. The highest BCUT2D eigenvalue weighted by atomic mass is 32.2. The molecule has 2 aliphatic heterocycles. The molecule has 3 aromatic carbocycles. The van der Waals surface area contributed by atoms with Gasteiger partial charge in [-0.05, 0) is 54.1 Å². The van der Waals surface area contributed by atoms with Crippen LogP contribution in [0.3, 0.4) is 0 Å². The number of nitrogens with one attached hydrogen (secondary N) is 2. The molecule has 2 aliphatic rings. The molecule has 0 radical (unpaired) electrons. The quantitative estimate of drug-likeness (QED) is 0.218. The van der Waals surface area contributed by atoms with Gasteiger partial charge in [0.25, 0.3) is 5.91 Å². The second-order valence-corrected chi connectivity index (χ2v) is 11.9. The zero-order chi connectivity index (χ0) is 30.5. The molecular weight excluding hydrogens is 610 g/mol. The molecule has 4 aromatic rings. The second-order valence-electron chi connectivity index (χ2n) is 9.69. The number of fused-ring (bicyclic) bond motifs is 2. The summed E-state index contributed by atoms with van der Waals surface area (Å²) in [4.78, 5) is 55.2. The minimum atomic E-state index is -4.80. The van der Waals surface area contributed by atoms with Crippen molar-refractivity contribution in [1.29, 1.82) is 0 Å². The van der Waals surface area contributed by atoms with Crippen molar-refractivity contribution < 1.29 is 36.7 Å². The van der Waals surface area contributed by atoms with E-state index in [0.717, 1.165) is 35.2 Å². The lowest BCUT2D eigenvalue weighted by atomic mass is 9.83. The SMILES string of the molecule is O=C(COc1ccc([C@@H]2c3sc(=O)[nH]c3S[C@H]3C(=O)N(c4ccccc4C(F)(F)F)C(=O)[C@@H]23)cc1)Nc1ccc(F)cc1. The van der Waals surface area contributed by atoms with Gasteiger partial charge in [-0.15, -0.1) is 0 Å². The van der Waals surface area contributed by atoms with Crippen molar-refractivity contribution in [2.75, 3.05) is 16.8 Å². The molecular formula is C29H19F4N3O5S2. The van der Waals surface area contributed by atoms with Crippen LogP contribution in [-0.2, 0) is 20.6 Å². The maximum atomic E-state index is 13.8. The van der Waals surface area contributed by atoms with Crippen LogP contribution in [0.4, 0.5) is 28.9 Å². The van der Waals surface area contributed by atoms with Crippen LogP contribution < -0.4 is 19.8 Å². The predicted octanol–water partition coefficient (Wildman–Crippen LogP) is 5.41. The largest absolute Gasteiger partial charge is 0.484 e. The highest BCUT2D eigenvalue weighted by molar-refractivity contribution is 8.00. The van der Waals surface area contributed by atoms with Crippen molar-refractivity contribution in [1.82, 2.24) is 4.98 Å². The van der Waals surface area contributed by atoms with E-state index in [1.807, 2.05) is 0 Å². The smallest absolute Gasteiger partial charge is 0.418 e. The molecule has 1 aromatic heterocycles. The monoisotopic (exact) mass is 629 g/mol. The number of halogens is 4. The zero-order valence-electron chi connectivity index (χ0n) is 21.7. The van der Waals surface area contributed by atoms with Crippen molar-refractivity contribution >= 4 is 52.2 Å². The van der Waals surface area contributed by atoms with Gasteiger partial charge in [0.05, 0.1) is 22.2 Å². The van der Waals surface area contributed by atoms with Crippen molar-refractivity contribution in [3.63, 3.8) is 0 Å². The third kappa shape index (κ3) is 5.43. The normalized spacial score (nSPS) is 19.6. The topological polar surface area (TPSA) is 109 Å². The predicted molar refractivity (Wildman–Crippen MR) is 151 cm³/mol. The van der Waals surface area contributed by atoms with Gasteiger partial charge in [-0.1, -0.05) is 47.4 Å². The minimum Gasteiger partial charge on any atom is -0.484 e. The molecule has 220 valence electrons. The molecule has 3 amide bonds. The van der Waals surface area contributed by atoms with E-state index in [4.69, 9.17) is 4.74 Å². The molecule has 43 heavy (non-hydrogen) atoms. The number of thioether (sulfide) groups is 1. The van der Waals surface area contributed by atoms with Crippen LogP contribution >= 0.6 is 23.1 Å². The number of aromatic nitrogens is 1. The standard InChI is InChI=1S/C29H19F4N3O5S2/c30-15-7-9-16(10-8-15)34-20(37)13-41-17-11-5-14(6-12-17)21-22-24(42-25-23(21)43-28(40)35-25)27(39)36(26(22)38)19-4-2-1-3-18(19)29(31,32)33/h1-12,21-22,24H,13H2,(H,34,37)(H,35,40)/t21-,22-,24+/m0/s1. The highest BCUT2D eigenvalue weighted by Gasteiger charge is 2.57. The number of hydrogen-bond acceptors (Lipinski definition) is 7. The van der Waals surface area contributed by atoms with Crippen LogP contribution in [0.25, 0.3) is 0 Å². The Bertz CT molecular complexity index is 1790. The Hall–Kier alpha value is -4.43. The van der Waals surface area contributed by atoms with Crippen molar-refractivity contribution in [2.24, 2.45) is 5.92 Å². The number of hydrogen-bond donors (Lipinski definition) is 2. The Balaban J connectivity index is 1.27. The number of H-pyrrole nitrogens is 1. The zero-order valence-corrected chi connectivity index (χ0v) is 23.3. The van der Waals surface area contributed by atoms with Gasteiger partial charge >= 0.3 is 11.0 Å². The fourth-order valence-electron chi connectivity index (χ4n) is 5.17. The summed E-state index contributed by atoms with van der Waals surface area (Å²) in [7, 11) is 0. The van der Waals surface area contributed by atoms with E-state index >= 15 is 0 Å². The average molecular weight is 630 g/mol. The van der Waals surface area contributed by atoms with Gasteiger partial charge in [-0.3, -0.25) is 19.2 Å². The van der Waals surface area contributed by atoms with Crippen LogP contribution in [0.2, 0.25) is 0 Å². The number of alkyl halides is 3. The lowest BCUT2D eigenvalue weighted by Crippen LogP contribution is -2.33. The fraction of sp³-hybridized carbons (Fsp3) is 0.172. The van der Waals surface area contributed by atoms with E-state index in [1.165, 1.54) is 36.4 Å².